The van der Waals surface area contributed by atoms with Crippen LogP contribution in [0.25, 0.3) is 11.3 Å². The molecule has 0 radical (unpaired) electrons. The van der Waals surface area contributed by atoms with Crippen LogP contribution in [0.5, 0.6) is 0 Å². The van der Waals surface area contributed by atoms with E-state index >= 15 is 0 Å². The van der Waals surface area contributed by atoms with E-state index in [2.05, 4.69) is 10.4 Å². The van der Waals surface area contributed by atoms with Crippen LogP contribution in [0.15, 0.2) is 36.5 Å². The molecule has 0 spiro atoms. The van der Waals surface area contributed by atoms with E-state index in [0.29, 0.717) is 6.54 Å². The topological polar surface area (TPSA) is 67.2 Å². The van der Waals surface area contributed by atoms with Gasteiger partial charge in [0.2, 0.25) is 0 Å². The molecule has 0 saturated heterocycles. The van der Waals surface area contributed by atoms with E-state index in [9.17, 15) is 9.18 Å². The third kappa shape index (κ3) is 3.54. The van der Waals surface area contributed by atoms with E-state index in [1.54, 1.807) is 36.0 Å². The second kappa shape index (κ2) is 5.51. The van der Waals surface area contributed by atoms with Crippen LogP contribution >= 0.6 is 0 Å². The number of hydrogen-bond acceptors (Lipinski definition) is 2. The van der Waals surface area contributed by atoms with Crippen LogP contribution in [0.3, 0.4) is 0 Å². The van der Waals surface area contributed by atoms with E-state index in [-0.39, 0.29) is 11.9 Å². The average Bonchev–Trinajstić information content (AvgIpc) is 2.77. The Bertz CT molecular complexity index is 566. The Morgan fingerprint density at radius 3 is 2.74 bits per heavy atom. The fraction of sp³-hybridized carbons (Fsp3) is 0.231. The number of aromatic nitrogens is 2. The van der Waals surface area contributed by atoms with Crippen molar-refractivity contribution in [1.82, 2.24) is 15.1 Å². The van der Waals surface area contributed by atoms with Crippen molar-refractivity contribution in [3.63, 3.8) is 0 Å². The molecule has 1 aromatic carbocycles. The van der Waals surface area contributed by atoms with E-state index in [1.165, 1.54) is 12.1 Å². The van der Waals surface area contributed by atoms with Crippen LogP contribution in [0, 0.1) is 5.82 Å². The summed E-state index contributed by atoms with van der Waals surface area (Å²) < 4.78 is 14.5. The highest BCUT2D eigenvalue weighted by molar-refractivity contribution is 5.64. The summed E-state index contributed by atoms with van der Waals surface area (Å²) >= 11 is 0. The van der Waals surface area contributed by atoms with Crippen molar-refractivity contribution in [2.75, 3.05) is 0 Å². The van der Waals surface area contributed by atoms with Gasteiger partial charge in [-0.25, -0.2) is 9.18 Å². The first kappa shape index (κ1) is 13.1. The number of hydrogen-bond donors (Lipinski definition) is 2. The third-order valence-corrected chi connectivity index (χ3v) is 2.61. The van der Waals surface area contributed by atoms with Gasteiger partial charge in [0.25, 0.3) is 0 Å². The molecular weight excluding hydrogens is 249 g/mol. The van der Waals surface area contributed by atoms with E-state index in [0.717, 1.165) is 11.3 Å². The Hall–Kier alpha value is -2.37. The van der Waals surface area contributed by atoms with Gasteiger partial charge >= 0.3 is 6.09 Å². The first-order valence-corrected chi connectivity index (χ1v) is 5.83. The van der Waals surface area contributed by atoms with Gasteiger partial charge in [-0.15, -0.1) is 0 Å². The molecular formula is C13H14FN3O2. The van der Waals surface area contributed by atoms with E-state index in [4.69, 9.17) is 5.11 Å². The van der Waals surface area contributed by atoms with Gasteiger partial charge in [0.15, 0.2) is 0 Å². The van der Waals surface area contributed by atoms with Gasteiger partial charge in [-0.3, -0.25) is 4.68 Å². The van der Waals surface area contributed by atoms with Gasteiger partial charge in [0.1, 0.15) is 5.82 Å². The number of amides is 1. The molecule has 2 aromatic rings. The minimum absolute atomic E-state index is 0.238. The largest absolute Gasteiger partial charge is 0.465 e. The number of halogens is 1. The molecule has 0 bridgehead atoms. The van der Waals surface area contributed by atoms with Crippen LogP contribution < -0.4 is 5.32 Å². The lowest BCUT2D eigenvalue weighted by Crippen LogP contribution is -2.34. The number of nitrogens with one attached hydrogen (secondary N) is 1. The molecule has 1 amide bonds. The molecule has 0 unspecified atom stereocenters. The highest BCUT2D eigenvalue weighted by Crippen LogP contribution is 2.17. The number of rotatable bonds is 4. The molecule has 0 aliphatic heterocycles. The normalized spacial score (nSPS) is 12.1. The summed E-state index contributed by atoms with van der Waals surface area (Å²) in [6.07, 6.45) is 0.706. The van der Waals surface area contributed by atoms with Gasteiger partial charge in [0.05, 0.1) is 12.2 Å². The second-order valence-corrected chi connectivity index (χ2v) is 4.28. The lowest BCUT2D eigenvalue weighted by molar-refractivity contribution is 0.189. The molecule has 0 fully saturated rings. The molecule has 1 aromatic heterocycles. The number of benzene rings is 1. The molecule has 0 aliphatic carbocycles. The van der Waals surface area contributed by atoms with Crippen LogP contribution in [0.1, 0.15) is 6.92 Å². The van der Waals surface area contributed by atoms with Crippen molar-refractivity contribution >= 4 is 6.09 Å². The van der Waals surface area contributed by atoms with Crippen LogP contribution in [0.2, 0.25) is 0 Å². The molecule has 1 heterocycles. The molecule has 19 heavy (non-hydrogen) atoms. The smallest absolute Gasteiger partial charge is 0.404 e. The van der Waals surface area contributed by atoms with Gasteiger partial charge in [0, 0.05) is 17.8 Å². The number of nitrogens with zero attached hydrogens (tertiary/aromatic N) is 2. The Labute approximate surface area is 109 Å². The maximum absolute atomic E-state index is 12.8. The summed E-state index contributed by atoms with van der Waals surface area (Å²) in [7, 11) is 0. The van der Waals surface area contributed by atoms with Crippen molar-refractivity contribution in [3.05, 3.63) is 42.3 Å². The molecule has 1 atom stereocenters. The Morgan fingerprint density at radius 1 is 1.42 bits per heavy atom. The molecule has 100 valence electrons. The fourth-order valence-corrected chi connectivity index (χ4v) is 1.77. The fourth-order valence-electron chi connectivity index (χ4n) is 1.77. The zero-order chi connectivity index (χ0) is 13.8. The molecule has 2 rings (SSSR count). The monoisotopic (exact) mass is 263 g/mol. The summed E-state index contributed by atoms with van der Waals surface area (Å²) in [5, 5.41) is 15.3. The summed E-state index contributed by atoms with van der Waals surface area (Å²) in [4.78, 5) is 10.5. The zero-order valence-corrected chi connectivity index (χ0v) is 10.4. The molecule has 5 nitrogen and oxygen atoms in total. The zero-order valence-electron chi connectivity index (χ0n) is 10.4. The van der Waals surface area contributed by atoms with E-state index < -0.39 is 6.09 Å². The van der Waals surface area contributed by atoms with Gasteiger partial charge in [-0.05, 0) is 37.3 Å². The molecule has 2 N–H and O–H groups in total. The quantitative estimate of drug-likeness (QED) is 0.889. The Kier molecular flexibility index (Phi) is 3.79. The first-order chi connectivity index (χ1) is 9.04. The molecule has 0 aliphatic rings. The summed E-state index contributed by atoms with van der Waals surface area (Å²) in [5.74, 6) is -0.289. The van der Waals surface area contributed by atoms with Crippen LogP contribution in [-0.4, -0.2) is 27.0 Å². The van der Waals surface area contributed by atoms with Crippen LogP contribution in [0.4, 0.5) is 9.18 Å². The predicted molar refractivity (Wildman–Crippen MR) is 68.2 cm³/mol. The lowest BCUT2D eigenvalue weighted by atomic mass is 10.1. The van der Waals surface area contributed by atoms with Crippen molar-refractivity contribution in [2.24, 2.45) is 0 Å². The standard InChI is InChI=1S/C13H14FN3O2/c1-9(15-13(18)19)8-17-7-6-12(16-17)10-2-4-11(14)5-3-10/h2-7,9,15H,8H2,1H3,(H,18,19)/t9-/m1/s1. The molecule has 6 heteroatoms. The molecule has 0 saturated carbocycles. The van der Waals surface area contributed by atoms with Crippen molar-refractivity contribution in [3.8, 4) is 11.3 Å². The highest BCUT2D eigenvalue weighted by atomic mass is 19.1. The van der Waals surface area contributed by atoms with Gasteiger partial charge in [-0.1, -0.05) is 0 Å². The first-order valence-electron chi connectivity index (χ1n) is 5.83. The predicted octanol–water partition coefficient (Wildman–Crippen LogP) is 2.35. The van der Waals surface area contributed by atoms with Crippen LogP contribution in [-0.2, 0) is 6.54 Å². The van der Waals surface area contributed by atoms with Crippen molar-refractivity contribution < 1.29 is 14.3 Å². The van der Waals surface area contributed by atoms with Crippen molar-refractivity contribution in [2.45, 2.75) is 19.5 Å². The van der Waals surface area contributed by atoms with E-state index in [1.807, 2.05) is 0 Å². The highest BCUT2D eigenvalue weighted by Gasteiger charge is 2.08. The lowest BCUT2D eigenvalue weighted by Gasteiger charge is -2.10. The third-order valence-electron chi connectivity index (χ3n) is 2.61. The second-order valence-electron chi connectivity index (χ2n) is 4.28. The minimum Gasteiger partial charge on any atom is -0.465 e. The summed E-state index contributed by atoms with van der Waals surface area (Å²) in [6.45, 7) is 2.20. The van der Waals surface area contributed by atoms with Crippen molar-refractivity contribution in [1.29, 1.82) is 0 Å². The minimum atomic E-state index is -1.06. The summed E-state index contributed by atoms with van der Waals surface area (Å²) in [6, 6.07) is 7.63. The Balaban J connectivity index is 2.06. The maximum Gasteiger partial charge on any atom is 0.404 e. The van der Waals surface area contributed by atoms with Gasteiger partial charge in [-0.2, -0.15) is 5.10 Å². The maximum atomic E-state index is 12.8. The average molecular weight is 263 g/mol. The number of carboxylic acid groups (broad SMARTS) is 1. The summed E-state index contributed by atoms with van der Waals surface area (Å²) in [5.41, 5.74) is 1.54. The number of carbonyl (C=O) groups is 1. The SMILES string of the molecule is C[C@H](Cn1ccc(-c2ccc(F)cc2)n1)NC(=O)O. The Morgan fingerprint density at radius 2 is 2.11 bits per heavy atom. The van der Waals surface area contributed by atoms with Gasteiger partial charge < -0.3 is 10.4 Å².